The molecule has 0 aliphatic heterocycles. The maximum Gasteiger partial charge on any atom is 0.347 e. The summed E-state index contributed by atoms with van der Waals surface area (Å²) < 4.78 is 17.3. The van der Waals surface area contributed by atoms with Crippen molar-refractivity contribution in [1.82, 2.24) is 4.98 Å². The summed E-state index contributed by atoms with van der Waals surface area (Å²) in [5.41, 5.74) is 0.917. The molecule has 0 aliphatic rings. The fraction of sp³-hybridized carbons (Fsp3) is 0.222. The van der Waals surface area contributed by atoms with Gasteiger partial charge in [0.1, 0.15) is 11.5 Å². The van der Waals surface area contributed by atoms with E-state index in [1.807, 2.05) is 24.3 Å². The Morgan fingerprint density at radius 1 is 1.12 bits per heavy atom. The standard InChI is InChI=1S/C18H17NO4S/c1-3-21-17(20)12(2)22-13-8-10-14(11-9-13)23-18-19-15-6-4-5-7-16(15)24-18/h4-12H,3H2,1-2H3/t12-/m1/s1. The van der Waals surface area contributed by atoms with E-state index in [4.69, 9.17) is 14.2 Å². The molecular formula is C18H17NO4S. The van der Waals surface area contributed by atoms with E-state index in [1.165, 1.54) is 11.3 Å². The van der Waals surface area contributed by atoms with Gasteiger partial charge in [-0.3, -0.25) is 0 Å². The SMILES string of the molecule is CCOC(=O)[C@@H](C)Oc1ccc(Oc2nc3ccccc3s2)cc1. The number of hydrogen-bond acceptors (Lipinski definition) is 6. The van der Waals surface area contributed by atoms with Gasteiger partial charge in [0.05, 0.1) is 16.8 Å². The van der Waals surface area contributed by atoms with E-state index in [0.29, 0.717) is 23.3 Å². The van der Waals surface area contributed by atoms with Crippen LogP contribution >= 0.6 is 11.3 Å². The topological polar surface area (TPSA) is 57.7 Å². The van der Waals surface area contributed by atoms with Crippen LogP contribution < -0.4 is 9.47 Å². The van der Waals surface area contributed by atoms with Gasteiger partial charge in [0.15, 0.2) is 6.10 Å². The zero-order valence-corrected chi connectivity index (χ0v) is 14.2. The highest BCUT2D eigenvalue weighted by Gasteiger charge is 2.15. The van der Waals surface area contributed by atoms with E-state index in [-0.39, 0.29) is 5.97 Å². The Morgan fingerprint density at radius 3 is 2.54 bits per heavy atom. The fourth-order valence-electron chi connectivity index (χ4n) is 2.09. The Kier molecular flexibility index (Phi) is 4.96. The maximum atomic E-state index is 11.6. The number of benzene rings is 2. The normalized spacial score (nSPS) is 11.9. The zero-order valence-electron chi connectivity index (χ0n) is 13.4. The van der Waals surface area contributed by atoms with Gasteiger partial charge in [-0.2, -0.15) is 0 Å². The summed E-state index contributed by atoms with van der Waals surface area (Å²) in [7, 11) is 0. The van der Waals surface area contributed by atoms with Crippen molar-refractivity contribution < 1.29 is 19.0 Å². The van der Waals surface area contributed by atoms with Gasteiger partial charge in [0, 0.05) is 0 Å². The molecule has 3 aromatic rings. The van der Waals surface area contributed by atoms with Crippen LogP contribution in [-0.2, 0) is 9.53 Å². The summed E-state index contributed by atoms with van der Waals surface area (Å²) in [5.74, 6) is 0.852. The highest BCUT2D eigenvalue weighted by Crippen LogP contribution is 2.31. The van der Waals surface area contributed by atoms with Gasteiger partial charge in [-0.1, -0.05) is 23.5 Å². The van der Waals surface area contributed by atoms with Crippen molar-refractivity contribution in [3.8, 4) is 16.7 Å². The van der Waals surface area contributed by atoms with Crippen LogP contribution in [0.15, 0.2) is 48.5 Å². The first kappa shape index (κ1) is 16.3. The van der Waals surface area contributed by atoms with Crippen LogP contribution in [0.1, 0.15) is 13.8 Å². The number of nitrogens with zero attached hydrogens (tertiary/aromatic N) is 1. The van der Waals surface area contributed by atoms with Crippen molar-refractivity contribution >= 4 is 27.5 Å². The number of carbonyl (C=O) groups is 1. The number of para-hydroxylation sites is 1. The van der Waals surface area contributed by atoms with Crippen LogP contribution in [-0.4, -0.2) is 23.7 Å². The largest absolute Gasteiger partial charge is 0.479 e. The van der Waals surface area contributed by atoms with E-state index in [1.54, 1.807) is 38.1 Å². The molecule has 124 valence electrons. The molecule has 0 saturated heterocycles. The highest BCUT2D eigenvalue weighted by atomic mass is 32.1. The lowest BCUT2D eigenvalue weighted by molar-refractivity contribution is -0.150. The van der Waals surface area contributed by atoms with E-state index in [2.05, 4.69) is 4.98 Å². The predicted molar refractivity (Wildman–Crippen MR) is 92.9 cm³/mol. The zero-order chi connectivity index (χ0) is 16.9. The van der Waals surface area contributed by atoms with Crippen molar-refractivity contribution in [2.45, 2.75) is 20.0 Å². The van der Waals surface area contributed by atoms with E-state index >= 15 is 0 Å². The third-order valence-electron chi connectivity index (χ3n) is 3.23. The molecule has 1 heterocycles. The molecule has 0 radical (unpaired) electrons. The molecule has 0 amide bonds. The third kappa shape index (κ3) is 3.83. The molecule has 3 rings (SSSR count). The van der Waals surface area contributed by atoms with Crippen molar-refractivity contribution in [3.05, 3.63) is 48.5 Å². The first-order valence-electron chi connectivity index (χ1n) is 7.62. The number of carbonyl (C=O) groups excluding carboxylic acids is 1. The van der Waals surface area contributed by atoms with Crippen LogP contribution in [0, 0.1) is 0 Å². The molecule has 2 aromatic carbocycles. The average Bonchev–Trinajstić information content (AvgIpc) is 2.99. The van der Waals surface area contributed by atoms with Crippen LogP contribution in [0.25, 0.3) is 10.2 Å². The summed E-state index contributed by atoms with van der Waals surface area (Å²) in [6.45, 7) is 3.75. The molecule has 5 nitrogen and oxygen atoms in total. The second kappa shape index (κ2) is 7.31. The van der Waals surface area contributed by atoms with E-state index in [9.17, 15) is 4.79 Å². The molecule has 1 aromatic heterocycles. The lowest BCUT2D eigenvalue weighted by Crippen LogP contribution is -2.25. The Labute approximate surface area is 143 Å². The third-order valence-corrected chi connectivity index (χ3v) is 4.15. The second-order valence-electron chi connectivity index (χ2n) is 5.03. The van der Waals surface area contributed by atoms with Gasteiger partial charge >= 0.3 is 5.97 Å². The Morgan fingerprint density at radius 2 is 1.83 bits per heavy atom. The van der Waals surface area contributed by atoms with Gasteiger partial charge < -0.3 is 14.2 Å². The number of hydrogen-bond donors (Lipinski definition) is 0. The van der Waals surface area contributed by atoms with Crippen molar-refractivity contribution in [1.29, 1.82) is 0 Å². The van der Waals surface area contributed by atoms with Crippen molar-refractivity contribution in [2.24, 2.45) is 0 Å². The molecule has 0 spiro atoms. The van der Waals surface area contributed by atoms with Gasteiger partial charge in [0.2, 0.25) is 0 Å². The highest BCUT2D eigenvalue weighted by molar-refractivity contribution is 7.20. The molecule has 1 atom stereocenters. The number of thiazole rings is 1. The van der Waals surface area contributed by atoms with Crippen LogP contribution in [0.5, 0.6) is 16.7 Å². The molecule has 0 unspecified atom stereocenters. The monoisotopic (exact) mass is 343 g/mol. The van der Waals surface area contributed by atoms with E-state index in [0.717, 1.165) is 10.2 Å². The summed E-state index contributed by atoms with van der Waals surface area (Å²) in [5, 5.41) is 0.588. The number of rotatable bonds is 6. The lowest BCUT2D eigenvalue weighted by atomic mass is 10.3. The lowest BCUT2D eigenvalue weighted by Gasteiger charge is -2.13. The molecule has 0 aliphatic carbocycles. The number of fused-ring (bicyclic) bond motifs is 1. The van der Waals surface area contributed by atoms with Gasteiger partial charge in [-0.25, -0.2) is 9.78 Å². The molecule has 0 saturated carbocycles. The van der Waals surface area contributed by atoms with Crippen LogP contribution in [0.2, 0.25) is 0 Å². The average molecular weight is 343 g/mol. The smallest absolute Gasteiger partial charge is 0.347 e. The minimum Gasteiger partial charge on any atom is -0.479 e. The summed E-state index contributed by atoms with van der Waals surface area (Å²) in [6, 6.07) is 14.9. The summed E-state index contributed by atoms with van der Waals surface area (Å²) in [6.07, 6.45) is -0.652. The van der Waals surface area contributed by atoms with E-state index < -0.39 is 6.10 Å². The Hall–Kier alpha value is -2.60. The summed E-state index contributed by atoms with van der Waals surface area (Å²) in [4.78, 5) is 16.0. The molecule has 0 N–H and O–H groups in total. The summed E-state index contributed by atoms with van der Waals surface area (Å²) >= 11 is 1.49. The number of aromatic nitrogens is 1. The Balaban J connectivity index is 1.65. The second-order valence-corrected chi connectivity index (χ2v) is 6.03. The predicted octanol–water partition coefficient (Wildman–Crippen LogP) is 4.42. The minimum atomic E-state index is -0.652. The van der Waals surface area contributed by atoms with Crippen LogP contribution in [0.3, 0.4) is 0 Å². The molecule has 24 heavy (non-hydrogen) atoms. The first-order valence-corrected chi connectivity index (χ1v) is 8.44. The molecule has 6 heteroatoms. The van der Waals surface area contributed by atoms with Crippen molar-refractivity contribution in [2.75, 3.05) is 6.61 Å². The quantitative estimate of drug-likeness (QED) is 0.620. The van der Waals surface area contributed by atoms with Gasteiger partial charge in [-0.15, -0.1) is 0 Å². The maximum absolute atomic E-state index is 11.6. The Bertz CT molecular complexity index is 795. The molecule has 0 fully saturated rings. The number of ether oxygens (including phenoxy) is 3. The molecule has 0 bridgehead atoms. The van der Waals surface area contributed by atoms with Crippen molar-refractivity contribution in [3.63, 3.8) is 0 Å². The van der Waals surface area contributed by atoms with Gasteiger partial charge in [-0.05, 0) is 50.2 Å². The first-order chi connectivity index (χ1) is 11.7. The minimum absolute atomic E-state index is 0.335. The fourth-order valence-corrected chi connectivity index (χ4v) is 2.93. The van der Waals surface area contributed by atoms with Crippen LogP contribution in [0.4, 0.5) is 0 Å². The van der Waals surface area contributed by atoms with Gasteiger partial charge in [0.25, 0.3) is 5.19 Å². The number of esters is 1. The molecular weight excluding hydrogens is 326 g/mol.